The molecule has 3 heteroatoms. The molecule has 0 saturated heterocycles. The van der Waals surface area contributed by atoms with Crippen LogP contribution in [-0.2, 0) is 4.79 Å². The van der Waals surface area contributed by atoms with Crippen LogP contribution in [0.15, 0.2) is 200 Å². The highest BCUT2D eigenvalue weighted by Gasteiger charge is 2.37. The molecule has 0 saturated carbocycles. The lowest BCUT2D eigenvalue weighted by atomic mass is 9.85. The molecular formula is C59H36O3. The van der Waals surface area contributed by atoms with E-state index in [0.29, 0.717) is 78.7 Å². The lowest BCUT2D eigenvalue weighted by molar-refractivity contribution is -0.108. The maximum absolute atomic E-state index is 15.0. The Morgan fingerprint density at radius 3 is 1.08 bits per heavy atom. The Labute approximate surface area is 362 Å². The molecule has 0 fully saturated rings. The number of Topliss-reactive ketones (excluding diaryl/α,β-unsaturated/α-hetero) is 1. The Kier molecular flexibility index (Phi) is 10.7. The van der Waals surface area contributed by atoms with Gasteiger partial charge < -0.3 is 9.47 Å². The summed E-state index contributed by atoms with van der Waals surface area (Å²) >= 11 is 0. The minimum atomic E-state index is -0.191. The highest BCUT2D eigenvalue weighted by atomic mass is 16.5. The number of rotatable bonds is 8. The monoisotopic (exact) mass is 792 g/mol. The summed E-state index contributed by atoms with van der Waals surface area (Å²) in [5, 5.41) is 0. The van der Waals surface area contributed by atoms with Gasteiger partial charge in [-0.05, 0) is 106 Å². The number of benzene rings is 8. The molecule has 0 N–H and O–H groups in total. The van der Waals surface area contributed by atoms with Crippen LogP contribution in [0, 0.1) is 37.0 Å². The average Bonchev–Trinajstić information content (AvgIpc) is 3.61. The number of para-hydroxylation sites is 2. The second kappa shape index (κ2) is 17.2. The normalized spacial score (nSPS) is 12.0. The zero-order valence-electron chi connectivity index (χ0n) is 33.5. The van der Waals surface area contributed by atoms with E-state index in [2.05, 4.69) is 66.3 Å². The second-order valence-electron chi connectivity index (χ2n) is 14.6. The van der Waals surface area contributed by atoms with Crippen LogP contribution in [0.25, 0.3) is 44.5 Å². The third-order valence-electron chi connectivity index (χ3n) is 10.8. The molecule has 6 aromatic carbocycles. The largest absolute Gasteiger partial charge is 0.457 e. The van der Waals surface area contributed by atoms with Crippen molar-refractivity contribution in [3.63, 3.8) is 0 Å². The molecule has 0 radical (unpaired) electrons. The van der Waals surface area contributed by atoms with E-state index in [-0.39, 0.29) is 5.78 Å². The molecule has 11 rings (SSSR count). The molecule has 3 nitrogen and oxygen atoms in total. The number of hydrogen-bond acceptors (Lipinski definition) is 3. The smallest absolute Gasteiger partial charge is 0.195 e. The van der Waals surface area contributed by atoms with Crippen LogP contribution in [-0.4, -0.2) is 5.78 Å². The van der Waals surface area contributed by atoms with Crippen molar-refractivity contribution in [2.45, 2.75) is 0 Å². The van der Waals surface area contributed by atoms with Crippen molar-refractivity contribution in [2.24, 2.45) is 0 Å². The predicted octanol–water partition coefficient (Wildman–Crippen LogP) is 13.7. The topological polar surface area (TPSA) is 35.5 Å². The van der Waals surface area contributed by atoms with Gasteiger partial charge in [-0.1, -0.05) is 151 Å². The molecule has 62 heavy (non-hydrogen) atoms. The van der Waals surface area contributed by atoms with E-state index >= 15 is 4.79 Å². The first kappa shape index (κ1) is 38.7. The molecule has 0 heterocycles. The molecule has 0 spiro atoms. The number of carbonyl (C=O) groups excluding carboxylic acids is 1. The minimum absolute atomic E-state index is 0.191. The summed E-state index contributed by atoms with van der Waals surface area (Å²) in [5.74, 6) is 10.8. The van der Waals surface area contributed by atoms with E-state index in [1.54, 1.807) is 0 Å². The van der Waals surface area contributed by atoms with E-state index in [1.165, 1.54) is 22.3 Å². The Hall–Kier alpha value is -8.81. The van der Waals surface area contributed by atoms with Crippen LogP contribution in [0.5, 0.6) is 23.0 Å². The van der Waals surface area contributed by atoms with Gasteiger partial charge in [0.25, 0.3) is 0 Å². The SMILES string of the molecule is C#Cc1cc(Oc2ccccc2)ccc1C1=C(c2ccccc2)C(=O)C(c2ccccc2C#C)=C1c1ccc(Oc2ccccc2)cc1C#C.c1cc2ccc1-2.c1cc2ccc1-2. The summed E-state index contributed by atoms with van der Waals surface area (Å²) in [7, 11) is 0. The van der Waals surface area contributed by atoms with Gasteiger partial charge in [0, 0.05) is 44.5 Å². The maximum Gasteiger partial charge on any atom is 0.195 e. The number of carbonyl (C=O) groups is 1. The molecule has 5 aliphatic carbocycles. The lowest BCUT2D eigenvalue weighted by Crippen LogP contribution is -2.03. The molecule has 0 atom stereocenters. The van der Waals surface area contributed by atoms with E-state index in [9.17, 15) is 0 Å². The molecule has 5 aliphatic rings. The third kappa shape index (κ3) is 7.61. The van der Waals surface area contributed by atoms with Gasteiger partial charge in [-0.15, -0.1) is 19.3 Å². The molecule has 0 amide bonds. The molecule has 0 aromatic heterocycles. The second-order valence-corrected chi connectivity index (χ2v) is 14.6. The van der Waals surface area contributed by atoms with E-state index in [1.807, 2.05) is 152 Å². The fourth-order valence-corrected chi connectivity index (χ4v) is 7.53. The molecular weight excluding hydrogens is 757 g/mol. The summed E-state index contributed by atoms with van der Waals surface area (Å²) < 4.78 is 12.3. The van der Waals surface area contributed by atoms with Gasteiger partial charge in [0.2, 0.25) is 0 Å². The first-order chi connectivity index (χ1) is 30.5. The van der Waals surface area contributed by atoms with E-state index < -0.39 is 0 Å². The van der Waals surface area contributed by atoms with Gasteiger partial charge in [0.1, 0.15) is 23.0 Å². The number of terminal acetylenes is 3. The number of fused-ring (bicyclic) bond motifs is 2. The van der Waals surface area contributed by atoms with Gasteiger partial charge in [-0.3, -0.25) is 4.79 Å². The van der Waals surface area contributed by atoms with Crippen LogP contribution < -0.4 is 9.47 Å². The van der Waals surface area contributed by atoms with Crippen molar-refractivity contribution in [1.82, 2.24) is 0 Å². The Balaban J connectivity index is 0.000000344. The van der Waals surface area contributed by atoms with Gasteiger partial charge in [0.15, 0.2) is 5.78 Å². The molecule has 290 valence electrons. The van der Waals surface area contributed by atoms with Crippen LogP contribution in [0.4, 0.5) is 0 Å². The number of allylic oxidation sites excluding steroid dienone is 4. The van der Waals surface area contributed by atoms with E-state index in [4.69, 9.17) is 28.7 Å². The Morgan fingerprint density at radius 2 is 0.677 bits per heavy atom. The van der Waals surface area contributed by atoms with Crippen LogP contribution in [0.1, 0.15) is 38.9 Å². The van der Waals surface area contributed by atoms with Crippen LogP contribution in [0.2, 0.25) is 0 Å². The van der Waals surface area contributed by atoms with Crippen molar-refractivity contribution in [1.29, 1.82) is 0 Å². The van der Waals surface area contributed by atoms with Gasteiger partial charge in [0.05, 0.1) is 0 Å². The summed E-state index contributed by atoms with van der Waals surface area (Å²) in [6, 6.07) is 64.0. The standard InChI is InChI=1S/C47H28O3.2C6H4/c1-4-32-18-16-17-25-40(32)46-45(42-29-27-39(31-34(42)6-3)50-37-23-14-9-15-24-37)44(43(47(46)48)35-19-10-7-11-20-35)41-28-26-38(30-33(41)5-2)49-36-21-12-8-13-22-36;2*1-2-6-4-3-5(1)6/h1-3,7-31H;2*1-4H. The Bertz CT molecular complexity index is 3080. The highest BCUT2D eigenvalue weighted by molar-refractivity contribution is 6.59. The van der Waals surface area contributed by atoms with Crippen molar-refractivity contribution in [3.8, 4) is 82.3 Å². The fraction of sp³-hybridized carbons (Fsp3) is 0. The van der Waals surface area contributed by atoms with Gasteiger partial charge >= 0.3 is 0 Å². The first-order valence-electron chi connectivity index (χ1n) is 20.1. The van der Waals surface area contributed by atoms with Crippen molar-refractivity contribution in [2.75, 3.05) is 0 Å². The van der Waals surface area contributed by atoms with Gasteiger partial charge in [-0.25, -0.2) is 0 Å². The number of ether oxygens (including phenoxy) is 2. The first-order valence-corrected chi connectivity index (χ1v) is 20.1. The summed E-state index contributed by atoms with van der Waals surface area (Å²) in [6.07, 6.45) is 18.5. The van der Waals surface area contributed by atoms with E-state index in [0.717, 1.165) is 5.56 Å². The lowest BCUT2D eigenvalue weighted by Gasteiger charge is -2.18. The van der Waals surface area contributed by atoms with Gasteiger partial charge in [-0.2, -0.15) is 0 Å². The summed E-state index contributed by atoms with van der Waals surface area (Å²) in [4.78, 5) is 15.0. The molecule has 0 aliphatic heterocycles. The summed E-state index contributed by atoms with van der Waals surface area (Å²) in [5.41, 5.74) is 12.3. The molecule has 0 unspecified atom stereocenters. The van der Waals surface area contributed by atoms with Crippen molar-refractivity contribution >= 4 is 28.1 Å². The third-order valence-corrected chi connectivity index (χ3v) is 10.8. The van der Waals surface area contributed by atoms with Crippen molar-refractivity contribution < 1.29 is 14.3 Å². The van der Waals surface area contributed by atoms with Crippen LogP contribution >= 0.6 is 0 Å². The predicted molar refractivity (Wildman–Crippen MR) is 252 cm³/mol. The Morgan fingerprint density at radius 1 is 0.306 bits per heavy atom. The fourth-order valence-electron chi connectivity index (χ4n) is 7.53. The molecule has 0 bridgehead atoms. The maximum atomic E-state index is 15.0. The number of ketones is 1. The molecule has 6 aromatic rings. The highest BCUT2D eigenvalue weighted by Crippen LogP contribution is 2.52. The zero-order valence-corrected chi connectivity index (χ0v) is 33.5. The van der Waals surface area contributed by atoms with Crippen LogP contribution in [0.3, 0.4) is 0 Å². The quantitative estimate of drug-likeness (QED) is 0.144. The van der Waals surface area contributed by atoms with Crippen molar-refractivity contribution in [3.05, 3.63) is 239 Å². The number of hydrogen-bond donors (Lipinski definition) is 0. The minimum Gasteiger partial charge on any atom is -0.457 e. The summed E-state index contributed by atoms with van der Waals surface area (Å²) in [6.45, 7) is 0. The zero-order chi connectivity index (χ0) is 42.4. The average molecular weight is 793 g/mol.